The third-order valence-electron chi connectivity index (χ3n) is 4.26. The van der Waals surface area contributed by atoms with Gasteiger partial charge in [-0.15, -0.1) is 0 Å². The molecule has 3 N–H and O–H groups in total. The van der Waals surface area contributed by atoms with E-state index in [0.29, 0.717) is 17.8 Å². The molecule has 0 saturated carbocycles. The third-order valence-corrected chi connectivity index (χ3v) is 4.26. The molecule has 7 heteroatoms. The van der Waals surface area contributed by atoms with E-state index >= 15 is 0 Å². The van der Waals surface area contributed by atoms with Crippen molar-refractivity contribution >= 4 is 23.2 Å². The summed E-state index contributed by atoms with van der Waals surface area (Å²) in [6, 6.07) is 12.7. The van der Waals surface area contributed by atoms with Gasteiger partial charge in [0.15, 0.2) is 0 Å². The van der Waals surface area contributed by atoms with Crippen LogP contribution >= 0.6 is 0 Å². The van der Waals surface area contributed by atoms with E-state index in [-0.39, 0.29) is 30.2 Å². The number of carbonyl (C=O) groups is 2. The van der Waals surface area contributed by atoms with E-state index in [9.17, 15) is 14.0 Å². The maximum atomic E-state index is 13.5. The summed E-state index contributed by atoms with van der Waals surface area (Å²) in [6.45, 7) is 1.18. The average molecular weight is 371 g/mol. The van der Waals surface area contributed by atoms with Crippen LogP contribution in [0.2, 0.25) is 0 Å². The Morgan fingerprint density at radius 2 is 1.89 bits per heavy atom. The van der Waals surface area contributed by atoms with Gasteiger partial charge in [-0.2, -0.15) is 0 Å². The third kappa shape index (κ3) is 5.52. The quantitative estimate of drug-likeness (QED) is 0.699. The van der Waals surface area contributed by atoms with Gasteiger partial charge in [0.1, 0.15) is 5.82 Å². The van der Waals surface area contributed by atoms with Crippen LogP contribution in [0.15, 0.2) is 48.5 Å². The fourth-order valence-corrected chi connectivity index (χ4v) is 2.80. The van der Waals surface area contributed by atoms with Gasteiger partial charge in [0, 0.05) is 24.4 Å². The van der Waals surface area contributed by atoms with Gasteiger partial charge in [-0.25, -0.2) is 4.39 Å². The van der Waals surface area contributed by atoms with Crippen molar-refractivity contribution < 1.29 is 18.7 Å². The standard InChI is InChI=1S/C20H22FN3O3/c21-17-5-1-2-6-18(17)22-13-19(25)24-15-9-7-14(8-10-15)20(26)23-12-16-4-3-11-27-16/h1-2,5-10,16,22H,3-4,11-13H2,(H,23,26)(H,24,25). The predicted molar refractivity (Wildman–Crippen MR) is 101 cm³/mol. The minimum atomic E-state index is -0.413. The Kier molecular flexibility index (Phi) is 6.38. The molecule has 27 heavy (non-hydrogen) atoms. The summed E-state index contributed by atoms with van der Waals surface area (Å²) < 4.78 is 19.0. The Bertz CT molecular complexity index is 789. The van der Waals surface area contributed by atoms with Gasteiger partial charge in [0.2, 0.25) is 5.91 Å². The number of hydrogen-bond acceptors (Lipinski definition) is 4. The fraction of sp³-hybridized carbons (Fsp3) is 0.300. The number of carbonyl (C=O) groups excluding carboxylic acids is 2. The largest absolute Gasteiger partial charge is 0.376 e. The molecule has 142 valence electrons. The van der Waals surface area contributed by atoms with Gasteiger partial charge < -0.3 is 20.7 Å². The second kappa shape index (κ2) is 9.14. The van der Waals surface area contributed by atoms with Crippen LogP contribution in [0.5, 0.6) is 0 Å². The second-order valence-electron chi connectivity index (χ2n) is 6.30. The zero-order chi connectivity index (χ0) is 19.1. The summed E-state index contributed by atoms with van der Waals surface area (Å²) in [5.74, 6) is -0.901. The normalized spacial score (nSPS) is 16.0. The van der Waals surface area contributed by atoms with Crippen molar-refractivity contribution in [1.82, 2.24) is 5.32 Å². The van der Waals surface area contributed by atoms with Gasteiger partial charge >= 0.3 is 0 Å². The van der Waals surface area contributed by atoms with Crippen molar-refractivity contribution in [3.63, 3.8) is 0 Å². The highest BCUT2D eigenvalue weighted by molar-refractivity contribution is 5.96. The van der Waals surface area contributed by atoms with Crippen LogP contribution in [-0.4, -0.2) is 37.6 Å². The Morgan fingerprint density at radius 1 is 1.11 bits per heavy atom. The van der Waals surface area contributed by atoms with Gasteiger partial charge in [-0.1, -0.05) is 12.1 Å². The monoisotopic (exact) mass is 371 g/mol. The van der Waals surface area contributed by atoms with E-state index in [1.807, 2.05) is 0 Å². The molecule has 0 aromatic heterocycles. The molecular formula is C20H22FN3O3. The summed E-state index contributed by atoms with van der Waals surface area (Å²) in [5.41, 5.74) is 1.34. The first-order valence-corrected chi connectivity index (χ1v) is 8.90. The van der Waals surface area contributed by atoms with Crippen LogP contribution in [0.3, 0.4) is 0 Å². The fourth-order valence-electron chi connectivity index (χ4n) is 2.80. The van der Waals surface area contributed by atoms with Crippen LogP contribution in [0.1, 0.15) is 23.2 Å². The molecule has 1 aliphatic rings. The molecule has 1 unspecified atom stereocenters. The summed E-state index contributed by atoms with van der Waals surface area (Å²) in [5, 5.41) is 8.29. The van der Waals surface area contributed by atoms with Crippen molar-refractivity contribution in [1.29, 1.82) is 0 Å². The van der Waals surface area contributed by atoms with Gasteiger partial charge in [-0.3, -0.25) is 9.59 Å². The maximum Gasteiger partial charge on any atom is 0.251 e. The predicted octanol–water partition coefficient (Wildman–Crippen LogP) is 2.79. The maximum absolute atomic E-state index is 13.5. The minimum absolute atomic E-state index is 0.0649. The van der Waals surface area contributed by atoms with E-state index in [4.69, 9.17) is 4.74 Å². The Morgan fingerprint density at radius 3 is 2.59 bits per heavy atom. The van der Waals surface area contributed by atoms with Crippen LogP contribution in [0, 0.1) is 5.82 Å². The molecule has 0 aliphatic carbocycles. The molecule has 2 aromatic rings. The van der Waals surface area contributed by atoms with E-state index in [1.54, 1.807) is 42.5 Å². The lowest BCUT2D eigenvalue weighted by molar-refractivity contribution is -0.114. The molecule has 2 amide bonds. The number of nitrogens with one attached hydrogen (secondary N) is 3. The number of hydrogen-bond donors (Lipinski definition) is 3. The molecule has 2 aromatic carbocycles. The molecule has 1 aliphatic heterocycles. The van der Waals surface area contributed by atoms with Crippen molar-refractivity contribution in [2.75, 3.05) is 30.3 Å². The van der Waals surface area contributed by atoms with Crippen molar-refractivity contribution in [3.8, 4) is 0 Å². The number of benzene rings is 2. The molecule has 1 fully saturated rings. The van der Waals surface area contributed by atoms with E-state index < -0.39 is 5.82 Å². The SMILES string of the molecule is O=C(CNc1ccccc1F)Nc1ccc(C(=O)NCC2CCCO2)cc1. The van der Waals surface area contributed by atoms with Crippen molar-refractivity contribution in [2.45, 2.75) is 18.9 Å². The molecule has 3 rings (SSSR count). The molecule has 0 bridgehead atoms. The van der Waals surface area contributed by atoms with Crippen LogP contribution in [0.4, 0.5) is 15.8 Å². The number of halogens is 1. The Hall–Kier alpha value is -2.93. The summed E-state index contributed by atoms with van der Waals surface area (Å²) in [6.07, 6.45) is 2.09. The highest BCUT2D eigenvalue weighted by atomic mass is 19.1. The first-order chi connectivity index (χ1) is 13.1. The topological polar surface area (TPSA) is 79.5 Å². The zero-order valence-electron chi connectivity index (χ0n) is 14.8. The number of rotatable bonds is 7. The summed E-state index contributed by atoms with van der Waals surface area (Å²) >= 11 is 0. The van der Waals surface area contributed by atoms with Crippen molar-refractivity contribution in [2.24, 2.45) is 0 Å². The Labute approximate surface area is 157 Å². The Balaban J connectivity index is 1.45. The summed E-state index contributed by atoms with van der Waals surface area (Å²) in [4.78, 5) is 24.1. The number of amides is 2. The molecule has 0 spiro atoms. The summed E-state index contributed by atoms with van der Waals surface area (Å²) in [7, 11) is 0. The molecule has 6 nitrogen and oxygen atoms in total. The highest BCUT2D eigenvalue weighted by Crippen LogP contribution is 2.14. The van der Waals surface area contributed by atoms with Crippen molar-refractivity contribution in [3.05, 3.63) is 59.9 Å². The first kappa shape index (κ1) is 18.8. The molecule has 1 heterocycles. The van der Waals surface area contributed by atoms with Gasteiger partial charge in [0.25, 0.3) is 5.91 Å². The molecule has 0 radical (unpaired) electrons. The first-order valence-electron chi connectivity index (χ1n) is 8.90. The minimum Gasteiger partial charge on any atom is -0.376 e. The molecule has 1 saturated heterocycles. The average Bonchev–Trinajstić information content (AvgIpc) is 3.20. The van der Waals surface area contributed by atoms with E-state index in [2.05, 4.69) is 16.0 Å². The smallest absolute Gasteiger partial charge is 0.251 e. The van der Waals surface area contributed by atoms with E-state index in [0.717, 1.165) is 19.4 Å². The number of anilines is 2. The van der Waals surface area contributed by atoms with Crippen LogP contribution in [0.25, 0.3) is 0 Å². The highest BCUT2D eigenvalue weighted by Gasteiger charge is 2.16. The number of para-hydroxylation sites is 1. The lowest BCUT2D eigenvalue weighted by Gasteiger charge is -2.11. The van der Waals surface area contributed by atoms with Crippen LogP contribution < -0.4 is 16.0 Å². The lowest BCUT2D eigenvalue weighted by Crippen LogP contribution is -2.31. The number of ether oxygens (including phenoxy) is 1. The van der Waals surface area contributed by atoms with Crippen LogP contribution in [-0.2, 0) is 9.53 Å². The van der Waals surface area contributed by atoms with E-state index in [1.165, 1.54) is 6.07 Å². The zero-order valence-corrected chi connectivity index (χ0v) is 14.8. The molecular weight excluding hydrogens is 349 g/mol. The molecule has 1 atom stereocenters. The van der Waals surface area contributed by atoms with Gasteiger partial charge in [-0.05, 0) is 49.2 Å². The van der Waals surface area contributed by atoms with Gasteiger partial charge in [0.05, 0.1) is 18.3 Å². The lowest BCUT2D eigenvalue weighted by atomic mass is 10.2. The second-order valence-corrected chi connectivity index (χ2v) is 6.30.